The Morgan fingerprint density at radius 2 is 1.67 bits per heavy atom. The fourth-order valence-corrected chi connectivity index (χ4v) is 5.73. The normalized spacial score (nSPS) is 18.7. The first-order valence-corrected chi connectivity index (χ1v) is 14.0. The highest BCUT2D eigenvalue weighted by atomic mass is 16.5. The number of benzene rings is 3. The summed E-state index contributed by atoms with van der Waals surface area (Å²) in [6.45, 7) is -0.585. The molecule has 1 saturated carbocycles. The van der Waals surface area contributed by atoms with E-state index in [1.54, 1.807) is 38.5 Å². The third-order valence-corrected chi connectivity index (χ3v) is 7.90. The van der Waals surface area contributed by atoms with E-state index >= 15 is 0 Å². The Morgan fingerprint density at radius 1 is 0.977 bits per heavy atom. The maximum atomic E-state index is 13.6. The molecule has 2 atom stereocenters. The number of hydrazone groups is 1. The first-order chi connectivity index (χ1) is 21.0. The van der Waals surface area contributed by atoms with Crippen LogP contribution >= 0.6 is 0 Å². The van der Waals surface area contributed by atoms with E-state index in [2.05, 4.69) is 6.08 Å². The molecule has 1 fully saturated rings. The third-order valence-electron chi connectivity index (χ3n) is 7.90. The lowest BCUT2D eigenvalue weighted by Crippen LogP contribution is -2.34. The Hall–Kier alpha value is -5.18. The van der Waals surface area contributed by atoms with Gasteiger partial charge in [-0.1, -0.05) is 36.4 Å². The molecule has 43 heavy (non-hydrogen) atoms. The zero-order valence-corrected chi connectivity index (χ0v) is 23.8. The monoisotopic (exact) mass is 578 g/mol. The molecule has 0 saturated heterocycles. The SMILES string of the molecule is COc1ccc(/C=C2/CCCC3C2=NN(C(=O)COC(=O)c2coc4ccccc4c2=O)C3c2ccc(OC)cc2)cc1. The van der Waals surface area contributed by atoms with Crippen LogP contribution in [0.3, 0.4) is 0 Å². The molecule has 0 bridgehead atoms. The molecule has 4 aromatic rings. The summed E-state index contributed by atoms with van der Waals surface area (Å²) in [5, 5.41) is 6.52. The van der Waals surface area contributed by atoms with Gasteiger partial charge >= 0.3 is 5.97 Å². The number of fused-ring (bicyclic) bond motifs is 2. The van der Waals surface area contributed by atoms with E-state index in [1.807, 2.05) is 48.5 Å². The van der Waals surface area contributed by atoms with Gasteiger partial charge in [0.1, 0.15) is 28.9 Å². The summed E-state index contributed by atoms with van der Waals surface area (Å²) in [4.78, 5) is 39.4. The molecular formula is C34H30N2O7. The van der Waals surface area contributed by atoms with Crippen molar-refractivity contribution in [3.05, 3.63) is 112 Å². The number of para-hydroxylation sites is 1. The van der Waals surface area contributed by atoms with Crippen LogP contribution in [-0.2, 0) is 9.53 Å². The molecule has 9 nitrogen and oxygen atoms in total. The Morgan fingerprint density at radius 3 is 2.40 bits per heavy atom. The smallest absolute Gasteiger partial charge is 0.345 e. The number of carbonyl (C=O) groups excluding carboxylic acids is 2. The van der Waals surface area contributed by atoms with Crippen molar-refractivity contribution in [3.63, 3.8) is 0 Å². The molecule has 1 aliphatic heterocycles. The van der Waals surface area contributed by atoms with Crippen LogP contribution in [0.5, 0.6) is 11.5 Å². The fraction of sp³-hybridized carbons (Fsp3) is 0.235. The number of methoxy groups -OCH3 is 2. The van der Waals surface area contributed by atoms with Crippen molar-refractivity contribution in [2.24, 2.45) is 11.0 Å². The van der Waals surface area contributed by atoms with Crippen molar-refractivity contribution in [1.82, 2.24) is 5.01 Å². The van der Waals surface area contributed by atoms with E-state index < -0.39 is 30.0 Å². The Labute approximate surface area is 248 Å². The molecule has 0 N–H and O–H groups in total. The Balaban J connectivity index is 1.28. The van der Waals surface area contributed by atoms with Crippen molar-refractivity contribution in [1.29, 1.82) is 0 Å². The molecule has 2 heterocycles. The summed E-state index contributed by atoms with van der Waals surface area (Å²) < 4.78 is 21.4. The minimum Gasteiger partial charge on any atom is -0.497 e. The van der Waals surface area contributed by atoms with Crippen LogP contribution in [-0.4, -0.2) is 43.4 Å². The van der Waals surface area contributed by atoms with Gasteiger partial charge in [0, 0.05) is 5.92 Å². The number of hydrogen-bond donors (Lipinski definition) is 0. The quantitative estimate of drug-likeness (QED) is 0.256. The maximum absolute atomic E-state index is 13.6. The first-order valence-electron chi connectivity index (χ1n) is 14.0. The predicted octanol–water partition coefficient (Wildman–Crippen LogP) is 5.79. The second-order valence-electron chi connectivity index (χ2n) is 10.4. The number of carbonyl (C=O) groups is 2. The van der Waals surface area contributed by atoms with Crippen molar-refractivity contribution >= 4 is 34.6 Å². The van der Waals surface area contributed by atoms with Gasteiger partial charge in [-0.3, -0.25) is 9.59 Å². The van der Waals surface area contributed by atoms with Crippen LogP contribution in [0.15, 0.2) is 98.9 Å². The maximum Gasteiger partial charge on any atom is 0.345 e. The van der Waals surface area contributed by atoms with E-state index in [0.29, 0.717) is 11.3 Å². The second kappa shape index (κ2) is 12.0. The van der Waals surface area contributed by atoms with Gasteiger partial charge in [-0.15, -0.1) is 0 Å². The van der Waals surface area contributed by atoms with Gasteiger partial charge in [0.2, 0.25) is 5.43 Å². The summed E-state index contributed by atoms with van der Waals surface area (Å²) in [5.41, 5.74) is 3.37. The van der Waals surface area contributed by atoms with Gasteiger partial charge in [0.25, 0.3) is 5.91 Å². The number of amides is 1. The number of ether oxygens (including phenoxy) is 3. The van der Waals surface area contributed by atoms with Crippen molar-refractivity contribution in [2.75, 3.05) is 20.8 Å². The highest BCUT2D eigenvalue weighted by Gasteiger charge is 2.44. The zero-order valence-electron chi connectivity index (χ0n) is 23.8. The molecule has 218 valence electrons. The lowest BCUT2D eigenvalue weighted by molar-refractivity contribution is -0.137. The largest absolute Gasteiger partial charge is 0.497 e. The van der Waals surface area contributed by atoms with Crippen LogP contribution in [0.25, 0.3) is 17.0 Å². The fourth-order valence-electron chi connectivity index (χ4n) is 5.73. The molecule has 2 aliphatic rings. The van der Waals surface area contributed by atoms with Crippen molar-refractivity contribution in [3.8, 4) is 11.5 Å². The number of rotatable bonds is 7. The van der Waals surface area contributed by atoms with E-state index in [4.69, 9.17) is 23.7 Å². The predicted molar refractivity (Wildman–Crippen MR) is 161 cm³/mol. The topological polar surface area (TPSA) is 108 Å². The molecular weight excluding hydrogens is 548 g/mol. The minimum atomic E-state index is -0.932. The van der Waals surface area contributed by atoms with E-state index in [1.165, 1.54) is 5.01 Å². The molecule has 1 aliphatic carbocycles. The Bertz CT molecular complexity index is 1790. The van der Waals surface area contributed by atoms with Gasteiger partial charge in [-0.2, -0.15) is 5.10 Å². The van der Waals surface area contributed by atoms with Crippen LogP contribution in [0.2, 0.25) is 0 Å². The minimum absolute atomic E-state index is 0.0428. The average Bonchev–Trinajstić information content (AvgIpc) is 3.45. The standard InChI is InChI=1S/C34H30N2O7/c1-40-24-14-10-21(11-15-24)18-23-6-5-8-27-31(23)35-36(32(27)22-12-16-25(41-2)17-13-22)30(37)20-43-34(39)28-19-42-29-9-4-3-7-26(29)33(28)38/h3-4,7,9-19,27,32H,5-6,8,20H2,1-2H3/b23-18-. The van der Waals surface area contributed by atoms with Gasteiger partial charge in [-0.05, 0) is 78.4 Å². The van der Waals surface area contributed by atoms with E-state index in [9.17, 15) is 14.4 Å². The van der Waals surface area contributed by atoms with Crippen molar-refractivity contribution in [2.45, 2.75) is 25.3 Å². The van der Waals surface area contributed by atoms with Crippen LogP contribution in [0.4, 0.5) is 0 Å². The number of hydrogen-bond acceptors (Lipinski definition) is 8. The zero-order chi connectivity index (χ0) is 29.9. The second-order valence-corrected chi connectivity index (χ2v) is 10.4. The van der Waals surface area contributed by atoms with Crippen LogP contribution in [0, 0.1) is 5.92 Å². The molecule has 6 rings (SSSR count). The highest BCUT2D eigenvalue weighted by molar-refractivity contribution is 6.08. The van der Waals surface area contributed by atoms with Gasteiger partial charge in [-0.25, -0.2) is 9.80 Å². The summed E-state index contributed by atoms with van der Waals surface area (Å²) in [7, 11) is 3.23. The third kappa shape index (κ3) is 5.53. The number of nitrogens with zero attached hydrogens (tertiary/aromatic N) is 2. The molecule has 0 radical (unpaired) electrons. The lowest BCUT2D eigenvalue weighted by atomic mass is 9.77. The molecule has 0 spiro atoms. The lowest BCUT2D eigenvalue weighted by Gasteiger charge is -2.29. The summed E-state index contributed by atoms with van der Waals surface area (Å²) in [6, 6.07) is 21.6. The first kappa shape index (κ1) is 28.0. The molecule has 3 aromatic carbocycles. The van der Waals surface area contributed by atoms with E-state index in [0.717, 1.165) is 53.7 Å². The van der Waals surface area contributed by atoms with Crippen LogP contribution < -0.4 is 14.9 Å². The van der Waals surface area contributed by atoms with E-state index in [-0.39, 0.29) is 16.9 Å². The molecule has 1 amide bonds. The van der Waals surface area contributed by atoms with Crippen molar-refractivity contribution < 1.29 is 28.2 Å². The summed E-state index contributed by atoms with van der Waals surface area (Å²) in [6.07, 6.45) is 5.77. The highest BCUT2D eigenvalue weighted by Crippen LogP contribution is 2.44. The molecule has 2 unspecified atom stereocenters. The summed E-state index contributed by atoms with van der Waals surface area (Å²) in [5.74, 6) is 0.00366. The number of allylic oxidation sites excluding steroid dienone is 1. The van der Waals surface area contributed by atoms with Gasteiger partial charge in [0.15, 0.2) is 6.61 Å². The summed E-state index contributed by atoms with van der Waals surface area (Å²) >= 11 is 0. The molecule has 1 aromatic heterocycles. The number of esters is 1. The van der Waals surface area contributed by atoms with Gasteiger partial charge in [0.05, 0.1) is 31.4 Å². The Kier molecular flexibility index (Phi) is 7.79. The van der Waals surface area contributed by atoms with Crippen LogP contribution in [0.1, 0.15) is 46.8 Å². The van der Waals surface area contributed by atoms with Gasteiger partial charge < -0.3 is 18.6 Å². The average molecular weight is 579 g/mol. The molecule has 9 heteroatoms.